The number of rotatable bonds is 0. The second-order valence-corrected chi connectivity index (χ2v) is 2.01. The molecular formula is C12H14Hf-2. The smallest absolute Gasteiger partial charge is 0 e. The van der Waals surface area contributed by atoms with Crippen LogP contribution in [0.4, 0.5) is 0 Å². The molecule has 1 heteroatoms. The number of allylic oxidation sites excluding steroid dienone is 8. The van der Waals surface area contributed by atoms with Gasteiger partial charge in [0, 0.05) is 25.8 Å². The van der Waals surface area contributed by atoms with Gasteiger partial charge in [-0.2, -0.15) is 12.2 Å². The minimum Gasteiger partial charge on any atom is -0.273 e. The quantitative estimate of drug-likeness (QED) is 0.361. The molecule has 0 nitrogen and oxygen atoms in total. The standard InChI is InChI=1S/2C5H5.C2H4.Hf/c2*1-2-4-5-3-1;1-2;/h2*1-3H,4H2;1-2H2;/q2*-1;;. The van der Waals surface area contributed by atoms with Gasteiger partial charge in [0.05, 0.1) is 0 Å². The molecule has 0 N–H and O–H groups in total. The Labute approximate surface area is 100 Å². The van der Waals surface area contributed by atoms with Crippen LogP contribution in [0.3, 0.4) is 0 Å². The predicted octanol–water partition coefficient (Wildman–Crippen LogP) is 3.41. The van der Waals surface area contributed by atoms with Gasteiger partial charge in [-0.05, 0) is 0 Å². The normalized spacial score (nSPS) is 13.8. The Bertz CT molecular complexity index is 155. The van der Waals surface area contributed by atoms with Crippen molar-refractivity contribution in [1.29, 1.82) is 0 Å². The summed E-state index contributed by atoms with van der Waals surface area (Å²) in [5.74, 6) is 0. The van der Waals surface area contributed by atoms with Gasteiger partial charge in [0.15, 0.2) is 0 Å². The fourth-order valence-electron chi connectivity index (χ4n) is 0.680. The van der Waals surface area contributed by atoms with Crippen molar-refractivity contribution >= 4 is 0 Å². The maximum absolute atomic E-state index is 3.00. The first-order chi connectivity index (χ1) is 6.00. The van der Waals surface area contributed by atoms with E-state index in [1.54, 1.807) is 0 Å². The molecule has 0 saturated carbocycles. The van der Waals surface area contributed by atoms with Gasteiger partial charge in [-0.3, -0.25) is 12.2 Å². The Morgan fingerprint density at radius 1 is 0.846 bits per heavy atom. The van der Waals surface area contributed by atoms with E-state index in [-0.39, 0.29) is 25.8 Å². The average molecular weight is 337 g/mol. The molecule has 0 fully saturated rings. The van der Waals surface area contributed by atoms with Crippen LogP contribution in [-0.4, -0.2) is 0 Å². The minimum atomic E-state index is 0. The Hall–Kier alpha value is -0.430. The Kier molecular flexibility index (Phi) is 16.4. The molecule has 0 aromatic heterocycles. The third-order valence-electron chi connectivity index (χ3n) is 1.17. The van der Waals surface area contributed by atoms with E-state index < -0.39 is 0 Å². The van der Waals surface area contributed by atoms with Gasteiger partial charge in [0.2, 0.25) is 0 Å². The van der Waals surface area contributed by atoms with Crippen molar-refractivity contribution in [3.05, 3.63) is 61.8 Å². The summed E-state index contributed by atoms with van der Waals surface area (Å²) < 4.78 is 0. The number of hydrogen-bond acceptors (Lipinski definition) is 0. The summed E-state index contributed by atoms with van der Waals surface area (Å²) in [6.45, 7) is 6.00. The zero-order chi connectivity index (χ0) is 9.07. The van der Waals surface area contributed by atoms with Crippen molar-refractivity contribution in [2.75, 3.05) is 0 Å². The van der Waals surface area contributed by atoms with Gasteiger partial charge in [0.1, 0.15) is 0 Å². The molecule has 13 heavy (non-hydrogen) atoms. The van der Waals surface area contributed by atoms with Crippen LogP contribution in [0.1, 0.15) is 12.8 Å². The zero-order valence-electron chi connectivity index (χ0n) is 7.79. The molecule has 0 aliphatic heterocycles. The molecule has 0 heterocycles. The van der Waals surface area contributed by atoms with Crippen molar-refractivity contribution in [3.63, 3.8) is 0 Å². The van der Waals surface area contributed by atoms with E-state index in [1.807, 2.05) is 24.3 Å². The third-order valence-corrected chi connectivity index (χ3v) is 1.17. The molecule has 0 radical (unpaired) electrons. The van der Waals surface area contributed by atoms with Gasteiger partial charge in [0.25, 0.3) is 0 Å². The maximum Gasteiger partial charge on any atom is 0 e. The van der Waals surface area contributed by atoms with Gasteiger partial charge in [-0.25, -0.2) is 24.3 Å². The first-order valence-electron chi connectivity index (χ1n) is 3.93. The van der Waals surface area contributed by atoms with E-state index in [2.05, 4.69) is 37.5 Å². The van der Waals surface area contributed by atoms with E-state index in [1.165, 1.54) is 0 Å². The summed E-state index contributed by atoms with van der Waals surface area (Å²) in [5, 5.41) is 0. The summed E-state index contributed by atoms with van der Waals surface area (Å²) >= 11 is 0. The maximum atomic E-state index is 3.00. The third kappa shape index (κ3) is 11.6. The molecule has 68 valence electrons. The van der Waals surface area contributed by atoms with Gasteiger partial charge < -0.3 is 0 Å². The van der Waals surface area contributed by atoms with Crippen molar-refractivity contribution in [2.45, 2.75) is 12.8 Å². The molecule has 2 rings (SSSR count). The molecule has 0 aromatic rings. The second kappa shape index (κ2) is 14.1. The Morgan fingerprint density at radius 2 is 1.23 bits per heavy atom. The molecule has 2 aliphatic carbocycles. The minimum absolute atomic E-state index is 0. The van der Waals surface area contributed by atoms with Crippen molar-refractivity contribution in [3.8, 4) is 0 Å². The summed E-state index contributed by atoms with van der Waals surface area (Å²) in [4.78, 5) is 0. The predicted molar refractivity (Wildman–Crippen MR) is 54.4 cm³/mol. The summed E-state index contributed by atoms with van der Waals surface area (Å²) in [5.41, 5.74) is 0. The van der Waals surface area contributed by atoms with Crippen molar-refractivity contribution in [1.82, 2.24) is 0 Å². The van der Waals surface area contributed by atoms with E-state index >= 15 is 0 Å². The van der Waals surface area contributed by atoms with Crippen LogP contribution in [0.25, 0.3) is 0 Å². The summed E-state index contributed by atoms with van der Waals surface area (Å²) in [7, 11) is 0. The molecule has 0 amide bonds. The zero-order valence-corrected chi connectivity index (χ0v) is 11.4. The largest absolute Gasteiger partial charge is 0.273 e. The molecule has 0 spiro atoms. The van der Waals surface area contributed by atoms with E-state index in [9.17, 15) is 0 Å². The van der Waals surface area contributed by atoms with Gasteiger partial charge in [-0.15, -0.1) is 26.0 Å². The van der Waals surface area contributed by atoms with Crippen LogP contribution in [0.15, 0.2) is 49.6 Å². The van der Waals surface area contributed by atoms with Crippen LogP contribution >= 0.6 is 0 Å². The van der Waals surface area contributed by atoms with Crippen molar-refractivity contribution in [2.24, 2.45) is 0 Å². The van der Waals surface area contributed by atoms with Crippen LogP contribution in [0.2, 0.25) is 0 Å². The molecule has 0 bridgehead atoms. The molecule has 0 aromatic carbocycles. The Morgan fingerprint density at radius 3 is 1.31 bits per heavy atom. The topological polar surface area (TPSA) is 0 Å². The van der Waals surface area contributed by atoms with Crippen LogP contribution < -0.4 is 0 Å². The van der Waals surface area contributed by atoms with Crippen molar-refractivity contribution < 1.29 is 25.8 Å². The summed E-state index contributed by atoms with van der Waals surface area (Å²) in [6, 6.07) is 0. The van der Waals surface area contributed by atoms with Crippen LogP contribution in [-0.2, 0) is 25.8 Å². The van der Waals surface area contributed by atoms with Crippen LogP contribution in [0.5, 0.6) is 0 Å². The molecule has 0 unspecified atom stereocenters. The molecular weight excluding hydrogens is 323 g/mol. The molecule has 0 atom stereocenters. The van der Waals surface area contributed by atoms with Gasteiger partial charge >= 0.3 is 0 Å². The fraction of sp³-hybridized carbons (Fsp3) is 0.167. The second-order valence-electron chi connectivity index (χ2n) is 2.01. The van der Waals surface area contributed by atoms with E-state index in [0.29, 0.717) is 0 Å². The van der Waals surface area contributed by atoms with E-state index in [4.69, 9.17) is 0 Å². The number of hydrogen-bond donors (Lipinski definition) is 0. The summed E-state index contributed by atoms with van der Waals surface area (Å²) in [6.07, 6.45) is 20.0. The SMILES string of the molecule is C=C.[C-]1=CC=CC1.[C-]1=CC=CC1.[Hf]. The molecule has 0 saturated heterocycles. The fourth-order valence-corrected chi connectivity index (χ4v) is 0.680. The first-order valence-corrected chi connectivity index (χ1v) is 3.93. The average Bonchev–Trinajstić information content (AvgIpc) is 2.87. The molecule has 2 aliphatic rings. The Balaban J connectivity index is 0. The first kappa shape index (κ1) is 15.1. The monoisotopic (exact) mass is 338 g/mol. The van der Waals surface area contributed by atoms with E-state index in [0.717, 1.165) is 12.8 Å². The van der Waals surface area contributed by atoms with Gasteiger partial charge in [-0.1, -0.05) is 0 Å². The van der Waals surface area contributed by atoms with Crippen LogP contribution in [0, 0.1) is 12.2 Å².